The van der Waals surface area contributed by atoms with Gasteiger partial charge in [0.05, 0.1) is 6.61 Å². The largest absolute Gasteiger partial charge is 0.463 e. The van der Waals surface area contributed by atoms with Crippen LogP contribution in [0.1, 0.15) is 99.3 Å². The Hall–Kier alpha value is -2.09. The van der Waals surface area contributed by atoms with E-state index in [1.807, 2.05) is 13.0 Å². The Morgan fingerprint density at radius 1 is 0.710 bits per heavy atom. The number of allylic oxidation sites excluding steroid dienone is 10. The smallest absolute Gasteiger partial charge is 0.333 e. The highest BCUT2D eigenvalue weighted by Crippen LogP contribution is 2.14. The lowest BCUT2D eigenvalue weighted by Crippen LogP contribution is -2.07. The molecule has 2 heteroatoms. The van der Waals surface area contributed by atoms with E-state index in [9.17, 15) is 4.79 Å². The fraction of sp³-hybridized carbons (Fsp3) is 0.552. The van der Waals surface area contributed by atoms with Crippen molar-refractivity contribution in [3.63, 3.8) is 0 Å². The highest BCUT2D eigenvalue weighted by Gasteiger charge is 2.07. The fourth-order valence-corrected chi connectivity index (χ4v) is 3.20. The van der Waals surface area contributed by atoms with Gasteiger partial charge >= 0.3 is 5.97 Å². The number of unbranched alkanes of at least 4 members (excludes halogenated alkanes) is 1. The van der Waals surface area contributed by atoms with Gasteiger partial charge < -0.3 is 4.74 Å². The summed E-state index contributed by atoms with van der Waals surface area (Å²) in [5.74, 6) is -0.220. The van der Waals surface area contributed by atoms with Crippen LogP contribution in [0.25, 0.3) is 0 Å². The van der Waals surface area contributed by atoms with Crippen molar-refractivity contribution in [2.75, 3.05) is 6.61 Å². The lowest BCUT2D eigenvalue weighted by molar-refractivity contribution is -0.138. The molecule has 0 bridgehead atoms. The molecule has 174 valence electrons. The van der Waals surface area contributed by atoms with Crippen LogP contribution >= 0.6 is 0 Å². The molecular weight excluding hydrogens is 380 g/mol. The van der Waals surface area contributed by atoms with Crippen molar-refractivity contribution in [2.24, 2.45) is 0 Å². The van der Waals surface area contributed by atoms with Crippen LogP contribution in [0.2, 0.25) is 0 Å². The molecule has 0 unspecified atom stereocenters. The van der Waals surface area contributed by atoms with Gasteiger partial charge in [0.2, 0.25) is 0 Å². The molecule has 0 spiro atoms. The maximum atomic E-state index is 11.9. The molecule has 0 radical (unpaired) electrons. The van der Waals surface area contributed by atoms with E-state index >= 15 is 0 Å². The number of esters is 1. The Morgan fingerprint density at radius 2 is 1.16 bits per heavy atom. The van der Waals surface area contributed by atoms with Crippen LogP contribution in [0.3, 0.4) is 0 Å². The Morgan fingerprint density at radius 3 is 1.61 bits per heavy atom. The molecule has 0 aromatic carbocycles. The van der Waals surface area contributed by atoms with Gasteiger partial charge in [-0.05, 0) is 99.3 Å². The molecule has 0 aromatic rings. The summed E-state index contributed by atoms with van der Waals surface area (Å²) in [4.78, 5) is 11.9. The fourth-order valence-electron chi connectivity index (χ4n) is 3.20. The van der Waals surface area contributed by atoms with Crippen LogP contribution in [-0.4, -0.2) is 12.6 Å². The number of rotatable bonds is 16. The van der Waals surface area contributed by atoms with Gasteiger partial charge in [0.15, 0.2) is 0 Å². The molecule has 0 aliphatic carbocycles. The van der Waals surface area contributed by atoms with Gasteiger partial charge in [0, 0.05) is 5.57 Å². The van der Waals surface area contributed by atoms with Crippen LogP contribution in [0.4, 0.5) is 0 Å². The summed E-state index contributed by atoms with van der Waals surface area (Å²) in [5.41, 5.74) is 6.47. The Kier molecular flexibility index (Phi) is 17.4. The summed E-state index contributed by atoms with van der Waals surface area (Å²) in [7, 11) is 0. The van der Waals surface area contributed by atoms with E-state index in [1.54, 1.807) is 6.08 Å². The third kappa shape index (κ3) is 17.3. The molecule has 0 aliphatic rings. The predicted molar refractivity (Wildman–Crippen MR) is 137 cm³/mol. The van der Waals surface area contributed by atoms with Crippen molar-refractivity contribution in [2.45, 2.75) is 99.3 Å². The number of hydrogen-bond donors (Lipinski definition) is 0. The van der Waals surface area contributed by atoms with Crippen molar-refractivity contribution in [3.05, 3.63) is 70.9 Å². The lowest BCUT2D eigenvalue weighted by atomic mass is 10.0. The summed E-state index contributed by atoms with van der Waals surface area (Å²) >= 11 is 0. The molecule has 31 heavy (non-hydrogen) atoms. The SMILES string of the molecule is C=CC/C(=C\CC/C(C)=C/CC/C=C(\C)CC/C=C(\C)CCC=C(C)C)C(=O)OCC. The minimum atomic E-state index is -0.220. The summed E-state index contributed by atoms with van der Waals surface area (Å²) in [6, 6.07) is 0. The quantitative estimate of drug-likeness (QED) is 0.106. The summed E-state index contributed by atoms with van der Waals surface area (Å²) in [5, 5.41) is 0. The van der Waals surface area contributed by atoms with Crippen LogP contribution < -0.4 is 0 Å². The minimum Gasteiger partial charge on any atom is -0.463 e. The molecule has 0 rings (SSSR count). The van der Waals surface area contributed by atoms with Crippen molar-refractivity contribution in [1.29, 1.82) is 0 Å². The van der Waals surface area contributed by atoms with Gasteiger partial charge in [-0.15, -0.1) is 6.58 Å². The van der Waals surface area contributed by atoms with E-state index < -0.39 is 0 Å². The van der Waals surface area contributed by atoms with Gasteiger partial charge in [0.25, 0.3) is 0 Å². The van der Waals surface area contributed by atoms with E-state index in [-0.39, 0.29) is 5.97 Å². The second-order valence-electron chi connectivity index (χ2n) is 8.57. The predicted octanol–water partition coefficient (Wildman–Crippen LogP) is 8.98. The lowest BCUT2D eigenvalue weighted by Gasteiger charge is -2.05. The first kappa shape index (κ1) is 28.9. The first-order valence-corrected chi connectivity index (χ1v) is 11.9. The molecule has 2 nitrogen and oxygen atoms in total. The number of carbonyl (C=O) groups excluding carboxylic acids is 1. The van der Waals surface area contributed by atoms with E-state index in [2.05, 4.69) is 65.5 Å². The molecule has 0 aliphatic heterocycles. The minimum absolute atomic E-state index is 0.220. The molecule has 0 aromatic heterocycles. The van der Waals surface area contributed by atoms with Crippen molar-refractivity contribution in [3.8, 4) is 0 Å². The van der Waals surface area contributed by atoms with Gasteiger partial charge in [-0.2, -0.15) is 0 Å². The number of ether oxygens (including phenoxy) is 1. The van der Waals surface area contributed by atoms with Gasteiger partial charge in [0.1, 0.15) is 0 Å². The normalized spacial score (nSPS) is 13.2. The van der Waals surface area contributed by atoms with Crippen molar-refractivity contribution < 1.29 is 9.53 Å². The third-order valence-electron chi connectivity index (χ3n) is 5.11. The Labute approximate surface area is 192 Å². The van der Waals surface area contributed by atoms with Gasteiger partial charge in [-0.3, -0.25) is 0 Å². The topological polar surface area (TPSA) is 26.3 Å². The van der Waals surface area contributed by atoms with Crippen LogP contribution in [0, 0.1) is 0 Å². The van der Waals surface area contributed by atoms with Crippen LogP contribution in [-0.2, 0) is 9.53 Å². The molecule has 0 N–H and O–H groups in total. The molecule has 0 heterocycles. The first-order valence-electron chi connectivity index (χ1n) is 11.9. The first-order chi connectivity index (χ1) is 14.8. The summed E-state index contributed by atoms with van der Waals surface area (Å²) < 4.78 is 5.10. The Balaban J connectivity index is 4.27. The molecule has 0 amide bonds. The highest BCUT2D eigenvalue weighted by molar-refractivity contribution is 5.88. The van der Waals surface area contributed by atoms with Crippen LogP contribution in [0.5, 0.6) is 0 Å². The van der Waals surface area contributed by atoms with Crippen molar-refractivity contribution >= 4 is 5.97 Å². The van der Waals surface area contributed by atoms with E-state index in [4.69, 9.17) is 4.74 Å². The Bertz CT molecular complexity index is 680. The van der Waals surface area contributed by atoms with E-state index in [0.29, 0.717) is 18.6 Å². The van der Waals surface area contributed by atoms with Gasteiger partial charge in [-0.25, -0.2) is 4.79 Å². The molecule has 0 saturated heterocycles. The van der Waals surface area contributed by atoms with E-state index in [1.165, 1.54) is 28.7 Å². The molecule has 0 atom stereocenters. The highest BCUT2D eigenvalue weighted by atomic mass is 16.5. The number of carbonyl (C=O) groups is 1. The molecular formula is C29H46O2. The zero-order valence-electron chi connectivity index (χ0n) is 21.1. The third-order valence-corrected chi connectivity index (χ3v) is 5.11. The second kappa shape index (κ2) is 18.7. The van der Waals surface area contributed by atoms with Crippen LogP contribution in [0.15, 0.2) is 70.9 Å². The molecule has 0 saturated carbocycles. The average molecular weight is 427 g/mol. The average Bonchev–Trinajstić information content (AvgIpc) is 2.70. The zero-order chi connectivity index (χ0) is 23.5. The summed E-state index contributed by atoms with van der Waals surface area (Å²) in [6.07, 6.45) is 22.3. The monoisotopic (exact) mass is 426 g/mol. The van der Waals surface area contributed by atoms with Gasteiger partial charge in [-0.1, -0.05) is 58.7 Å². The number of hydrogen-bond acceptors (Lipinski definition) is 2. The molecule has 0 fully saturated rings. The maximum Gasteiger partial charge on any atom is 0.333 e. The summed E-state index contributed by atoms with van der Waals surface area (Å²) in [6.45, 7) is 16.9. The standard InChI is InChI=1S/C29H46O2/c1-8-15-28(29(30)31-9-2)23-14-22-26(6)18-11-10-17-25(5)20-13-21-27(7)19-12-16-24(3)4/h8,16-18,21,23H,1,9-15,19-20,22H2,2-7H3/b25-17+,26-18+,27-21+,28-23+. The van der Waals surface area contributed by atoms with Crippen molar-refractivity contribution in [1.82, 2.24) is 0 Å². The van der Waals surface area contributed by atoms with E-state index in [0.717, 1.165) is 44.9 Å². The second-order valence-corrected chi connectivity index (χ2v) is 8.57. The maximum absolute atomic E-state index is 11.9. The zero-order valence-corrected chi connectivity index (χ0v) is 21.1.